The van der Waals surface area contributed by atoms with Crippen molar-refractivity contribution in [3.8, 4) is 0 Å². The van der Waals surface area contributed by atoms with Crippen LogP contribution in [0, 0.1) is 0 Å². The van der Waals surface area contributed by atoms with Gasteiger partial charge >= 0.3 is 0 Å². The monoisotopic (exact) mass is 207 g/mol. The lowest BCUT2D eigenvalue weighted by Gasteiger charge is -2.25. The maximum atomic E-state index is 11.3. The predicted octanol–water partition coefficient (Wildman–Crippen LogP) is -0.552. The van der Waals surface area contributed by atoms with Crippen molar-refractivity contribution < 1.29 is 4.79 Å². The zero-order chi connectivity index (χ0) is 8.97. The van der Waals surface area contributed by atoms with Gasteiger partial charge in [0.25, 0.3) is 0 Å². The molecule has 0 aliphatic carbocycles. The number of hydrogen-bond acceptors (Lipinski definition) is 3. The molecule has 0 aromatic heterocycles. The van der Waals surface area contributed by atoms with Crippen LogP contribution < -0.4 is 10.6 Å². The van der Waals surface area contributed by atoms with E-state index in [1.54, 1.807) is 19.0 Å². The second kappa shape index (κ2) is 6.18. The minimum absolute atomic E-state index is 0. The Morgan fingerprint density at radius 3 is 2.62 bits per heavy atom. The van der Waals surface area contributed by atoms with Gasteiger partial charge in [-0.15, -0.1) is 12.4 Å². The van der Waals surface area contributed by atoms with Gasteiger partial charge in [-0.3, -0.25) is 4.79 Å². The van der Waals surface area contributed by atoms with Crippen LogP contribution in [-0.4, -0.2) is 50.6 Å². The first-order valence-electron chi connectivity index (χ1n) is 4.34. The molecule has 1 aliphatic rings. The van der Waals surface area contributed by atoms with Crippen molar-refractivity contribution in [2.24, 2.45) is 0 Å². The molecule has 2 N–H and O–H groups in total. The van der Waals surface area contributed by atoms with Gasteiger partial charge in [0.15, 0.2) is 0 Å². The van der Waals surface area contributed by atoms with Gasteiger partial charge < -0.3 is 15.5 Å². The van der Waals surface area contributed by atoms with E-state index in [4.69, 9.17) is 0 Å². The lowest BCUT2D eigenvalue weighted by molar-refractivity contribution is -0.129. The standard InChI is InChI=1S/C8H17N3O.ClH/c1-11(2)8(12)5-7-6-9-3-4-10-7;/h7,9-10H,3-6H2,1-2H3;1H. The van der Waals surface area contributed by atoms with Crippen molar-refractivity contribution in [1.82, 2.24) is 15.5 Å². The molecule has 1 fully saturated rings. The number of piperazine rings is 1. The van der Waals surface area contributed by atoms with Gasteiger partial charge in [-0.25, -0.2) is 0 Å². The number of rotatable bonds is 2. The summed E-state index contributed by atoms with van der Waals surface area (Å²) in [4.78, 5) is 12.9. The molecule has 1 atom stereocenters. The Morgan fingerprint density at radius 2 is 2.15 bits per heavy atom. The summed E-state index contributed by atoms with van der Waals surface area (Å²) in [6, 6.07) is 0.314. The molecule has 1 amide bonds. The first-order valence-corrected chi connectivity index (χ1v) is 4.34. The van der Waals surface area contributed by atoms with E-state index in [0.29, 0.717) is 12.5 Å². The summed E-state index contributed by atoms with van der Waals surface area (Å²) in [5.74, 6) is 0.191. The van der Waals surface area contributed by atoms with Crippen molar-refractivity contribution in [2.75, 3.05) is 33.7 Å². The zero-order valence-corrected chi connectivity index (χ0v) is 8.99. The molecule has 5 heteroatoms. The van der Waals surface area contributed by atoms with E-state index in [1.807, 2.05) is 0 Å². The largest absolute Gasteiger partial charge is 0.349 e. The van der Waals surface area contributed by atoms with Crippen LogP contribution >= 0.6 is 12.4 Å². The average Bonchev–Trinajstić information content (AvgIpc) is 2.06. The normalized spacial score (nSPS) is 21.8. The van der Waals surface area contributed by atoms with Gasteiger partial charge in [-0.05, 0) is 0 Å². The van der Waals surface area contributed by atoms with E-state index in [9.17, 15) is 4.79 Å². The molecular weight excluding hydrogens is 190 g/mol. The van der Waals surface area contributed by atoms with Gasteiger partial charge in [-0.2, -0.15) is 0 Å². The summed E-state index contributed by atoms with van der Waals surface area (Å²) < 4.78 is 0. The van der Waals surface area contributed by atoms with Gasteiger partial charge in [-0.1, -0.05) is 0 Å². The molecule has 1 saturated heterocycles. The van der Waals surface area contributed by atoms with Crippen LogP contribution in [0.15, 0.2) is 0 Å². The van der Waals surface area contributed by atoms with Gasteiger partial charge in [0, 0.05) is 46.2 Å². The Bertz CT molecular complexity index is 157. The van der Waals surface area contributed by atoms with E-state index < -0.39 is 0 Å². The van der Waals surface area contributed by atoms with E-state index >= 15 is 0 Å². The summed E-state index contributed by atoms with van der Waals surface area (Å²) in [6.07, 6.45) is 0.597. The highest BCUT2D eigenvalue weighted by Gasteiger charge is 2.16. The molecule has 1 unspecified atom stereocenters. The minimum Gasteiger partial charge on any atom is -0.349 e. The molecule has 0 aromatic carbocycles. The molecule has 13 heavy (non-hydrogen) atoms. The summed E-state index contributed by atoms with van der Waals surface area (Å²) in [7, 11) is 3.58. The van der Waals surface area contributed by atoms with Crippen LogP contribution in [-0.2, 0) is 4.79 Å². The molecule has 1 aliphatic heterocycles. The van der Waals surface area contributed by atoms with E-state index in [-0.39, 0.29) is 18.3 Å². The van der Waals surface area contributed by atoms with E-state index in [0.717, 1.165) is 19.6 Å². The van der Waals surface area contributed by atoms with Crippen molar-refractivity contribution in [3.05, 3.63) is 0 Å². The van der Waals surface area contributed by atoms with E-state index in [1.165, 1.54) is 0 Å². The van der Waals surface area contributed by atoms with Crippen LogP contribution in [0.25, 0.3) is 0 Å². The molecular formula is C8H18ClN3O. The Kier molecular flexibility index (Phi) is 6.03. The van der Waals surface area contributed by atoms with Crippen LogP contribution in [0.5, 0.6) is 0 Å². The number of carbonyl (C=O) groups excluding carboxylic acids is 1. The fourth-order valence-electron chi connectivity index (χ4n) is 1.25. The Morgan fingerprint density at radius 1 is 1.46 bits per heavy atom. The average molecular weight is 208 g/mol. The van der Waals surface area contributed by atoms with Crippen molar-refractivity contribution in [2.45, 2.75) is 12.5 Å². The number of hydrogen-bond donors (Lipinski definition) is 2. The Hall–Kier alpha value is -0.320. The van der Waals surface area contributed by atoms with Crippen LogP contribution in [0.4, 0.5) is 0 Å². The SMILES string of the molecule is CN(C)C(=O)CC1CNCCN1.Cl. The summed E-state index contributed by atoms with van der Waals surface area (Å²) in [5.41, 5.74) is 0. The third-order valence-electron chi connectivity index (χ3n) is 2.05. The molecule has 1 heterocycles. The first kappa shape index (κ1) is 12.7. The van der Waals surface area contributed by atoms with Crippen LogP contribution in [0.2, 0.25) is 0 Å². The molecule has 0 aromatic rings. The highest BCUT2D eigenvalue weighted by atomic mass is 35.5. The molecule has 4 nitrogen and oxygen atoms in total. The van der Waals surface area contributed by atoms with E-state index in [2.05, 4.69) is 10.6 Å². The summed E-state index contributed by atoms with van der Waals surface area (Å²) in [5, 5.41) is 6.54. The second-order valence-electron chi connectivity index (χ2n) is 3.35. The lowest BCUT2D eigenvalue weighted by atomic mass is 10.1. The third-order valence-corrected chi connectivity index (χ3v) is 2.05. The fraction of sp³-hybridized carbons (Fsp3) is 0.875. The molecule has 0 radical (unpaired) electrons. The summed E-state index contributed by atoms with van der Waals surface area (Å²) in [6.45, 7) is 2.87. The third kappa shape index (κ3) is 4.45. The van der Waals surface area contributed by atoms with Crippen LogP contribution in [0.1, 0.15) is 6.42 Å². The molecule has 0 bridgehead atoms. The number of nitrogens with zero attached hydrogens (tertiary/aromatic N) is 1. The zero-order valence-electron chi connectivity index (χ0n) is 8.17. The molecule has 1 rings (SSSR count). The highest BCUT2D eigenvalue weighted by Crippen LogP contribution is 1.96. The topological polar surface area (TPSA) is 44.4 Å². The lowest BCUT2D eigenvalue weighted by Crippen LogP contribution is -2.50. The minimum atomic E-state index is 0. The van der Waals surface area contributed by atoms with Gasteiger partial charge in [0.2, 0.25) is 5.91 Å². The molecule has 78 valence electrons. The van der Waals surface area contributed by atoms with Crippen molar-refractivity contribution in [3.63, 3.8) is 0 Å². The predicted molar refractivity (Wildman–Crippen MR) is 55.2 cm³/mol. The quantitative estimate of drug-likeness (QED) is 0.639. The van der Waals surface area contributed by atoms with Crippen molar-refractivity contribution >= 4 is 18.3 Å². The number of nitrogens with one attached hydrogen (secondary N) is 2. The maximum Gasteiger partial charge on any atom is 0.223 e. The second-order valence-corrected chi connectivity index (χ2v) is 3.35. The number of amides is 1. The maximum absolute atomic E-state index is 11.3. The highest BCUT2D eigenvalue weighted by molar-refractivity contribution is 5.85. The summed E-state index contributed by atoms with van der Waals surface area (Å²) >= 11 is 0. The molecule has 0 spiro atoms. The fourth-order valence-corrected chi connectivity index (χ4v) is 1.25. The van der Waals surface area contributed by atoms with Crippen molar-refractivity contribution in [1.29, 1.82) is 0 Å². The first-order chi connectivity index (χ1) is 5.70. The Labute approximate surface area is 85.5 Å². The number of halogens is 1. The Balaban J connectivity index is 0.00000144. The smallest absolute Gasteiger partial charge is 0.223 e. The number of carbonyl (C=O) groups is 1. The van der Waals surface area contributed by atoms with Gasteiger partial charge in [0.1, 0.15) is 0 Å². The van der Waals surface area contributed by atoms with Gasteiger partial charge in [0.05, 0.1) is 0 Å². The van der Waals surface area contributed by atoms with Crippen LogP contribution in [0.3, 0.4) is 0 Å². The molecule has 0 saturated carbocycles.